The lowest BCUT2D eigenvalue weighted by Crippen LogP contribution is -2.56. The number of carbonyl (C=O) groups excluding carboxylic acids is 1. The van der Waals surface area contributed by atoms with Crippen molar-refractivity contribution in [1.29, 1.82) is 0 Å². The van der Waals surface area contributed by atoms with Crippen molar-refractivity contribution < 1.29 is 14.3 Å². The molecule has 2 aromatic heterocycles. The summed E-state index contributed by atoms with van der Waals surface area (Å²) in [6, 6.07) is 16.3. The summed E-state index contributed by atoms with van der Waals surface area (Å²) in [6.45, 7) is 6.87. The molecule has 3 heterocycles. The topological polar surface area (TPSA) is 87.4 Å². The minimum atomic E-state index is -0.536. The van der Waals surface area contributed by atoms with Crippen LogP contribution < -0.4 is 15.6 Å². The van der Waals surface area contributed by atoms with Crippen LogP contribution in [0.15, 0.2) is 71.8 Å². The second-order valence-electron chi connectivity index (χ2n) is 10.5. The third-order valence-electron chi connectivity index (χ3n) is 7.05. The van der Waals surface area contributed by atoms with E-state index in [-0.39, 0.29) is 23.4 Å². The molecule has 1 aliphatic heterocycles. The van der Waals surface area contributed by atoms with Crippen LogP contribution in [0.3, 0.4) is 0 Å². The van der Waals surface area contributed by atoms with Gasteiger partial charge in [0, 0.05) is 29.7 Å². The summed E-state index contributed by atoms with van der Waals surface area (Å²) < 4.78 is 15.2. The third kappa shape index (κ3) is 5.06. The largest absolute Gasteiger partial charge is 0.484 e. The third-order valence-corrected chi connectivity index (χ3v) is 7.30. The number of aromatic nitrogens is 3. The number of fused-ring (bicyclic) bond motifs is 1. The molecular formula is C29H31ClN4O4. The number of aryl methyl sites for hydroxylation is 1. The SMILES string of the molecule is CC(C)[C@H](NC(=O)C1(C)COC1)[C@H](Oc1ccc2c(cnn2-c2ccc(=O)n(C)c2)c1)c1ccc(Cl)cc1. The Balaban J connectivity index is 1.48. The Bertz CT molecular complexity index is 1520. The van der Waals surface area contributed by atoms with E-state index in [1.165, 1.54) is 10.6 Å². The van der Waals surface area contributed by atoms with Gasteiger partial charge in [-0.05, 0) is 54.8 Å². The highest BCUT2D eigenvalue weighted by atomic mass is 35.5. The zero-order chi connectivity index (χ0) is 27.0. The molecule has 1 saturated heterocycles. The van der Waals surface area contributed by atoms with E-state index in [0.29, 0.717) is 24.0 Å². The first-order valence-electron chi connectivity index (χ1n) is 12.6. The highest BCUT2D eigenvalue weighted by Gasteiger charge is 2.43. The number of pyridine rings is 1. The average Bonchev–Trinajstić information content (AvgIpc) is 3.30. The van der Waals surface area contributed by atoms with E-state index in [0.717, 1.165) is 22.2 Å². The number of carbonyl (C=O) groups is 1. The zero-order valence-corrected chi connectivity index (χ0v) is 22.6. The second-order valence-corrected chi connectivity index (χ2v) is 10.9. The fraction of sp³-hybridized carbons (Fsp3) is 0.345. The molecule has 198 valence electrons. The Morgan fingerprint density at radius 2 is 1.87 bits per heavy atom. The Morgan fingerprint density at radius 3 is 2.50 bits per heavy atom. The lowest BCUT2D eigenvalue weighted by molar-refractivity contribution is -0.159. The molecule has 0 saturated carbocycles. The highest BCUT2D eigenvalue weighted by Crippen LogP contribution is 2.33. The number of rotatable bonds is 8. The number of hydrogen-bond acceptors (Lipinski definition) is 5. The zero-order valence-electron chi connectivity index (χ0n) is 21.8. The fourth-order valence-electron chi connectivity index (χ4n) is 4.60. The van der Waals surface area contributed by atoms with Gasteiger partial charge in [-0.15, -0.1) is 0 Å². The molecule has 1 fully saturated rings. The Morgan fingerprint density at radius 1 is 1.13 bits per heavy atom. The van der Waals surface area contributed by atoms with Gasteiger partial charge in [0.05, 0.1) is 42.1 Å². The standard InChI is InChI=1S/C29H31ClN4O4/c1-18(2)26(32-28(36)29(3)16-37-17-29)27(19-5-7-21(30)8-6-19)38-23-10-11-24-20(13-23)14-31-34(24)22-9-12-25(35)33(4)15-22/h5-15,18,26-27H,16-17H2,1-4H3,(H,32,36)/t26-,27+/m0/s1. The maximum absolute atomic E-state index is 13.2. The molecule has 2 aromatic carbocycles. The van der Waals surface area contributed by atoms with Gasteiger partial charge >= 0.3 is 0 Å². The molecule has 0 radical (unpaired) electrons. The van der Waals surface area contributed by atoms with E-state index in [4.69, 9.17) is 21.1 Å². The van der Waals surface area contributed by atoms with Crippen molar-refractivity contribution in [3.63, 3.8) is 0 Å². The lowest BCUT2D eigenvalue weighted by atomic mass is 9.85. The minimum absolute atomic E-state index is 0.0426. The first kappa shape index (κ1) is 26.0. The Labute approximate surface area is 226 Å². The van der Waals surface area contributed by atoms with Crippen molar-refractivity contribution in [1.82, 2.24) is 19.7 Å². The molecule has 38 heavy (non-hydrogen) atoms. The molecular weight excluding hydrogens is 504 g/mol. The van der Waals surface area contributed by atoms with Gasteiger partial charge in [0.25, 0.3) is 0 Å². The Hall–Kier alpha value is -3.62. The molecule has 9 heteroatoms. The predicted octanol–water partition coefficient (Wildman–Crippen LogP) is 4.68. The maximum Gasteiger partial charge on any atom is 0.250 e. The molecule has 1 amide bonds. The van der Waals surface area contributed by atoms with Crippen LogP contribution in [0.5, 0.6) is 5.75 Å². The Kier molecular flexibility index (Phi) is 7.03. The summed E-state index contributed by atoms with van der Waals surface area (Å²) >= 11 is 6.17. The van der Waals surface area contributed by atoms with Gasteiger partial charge < -0.3 is 19.4 Å². The van der Waals surface area contributed by atoms with E-state index in [2.05, 4.69) is 24.3 Å². The van der Waals surface area contributed by atoms with Gasteiger partial charge in [-0.3, -0.25) is 9.59 Å². The van der Waals surface area contributed by atoms with Crippen LogP contribution in [-0.4, -0.2) is 39.5 Å². The van der Waals surface area contributed by atoms with Gasteiger partial charge in [0.2, 0.25) is 11.5 Å². The van der Waals surface area contributed by atoms with Crippen LogP contribution >= 0.6 is 11.6 Å². The smallest absolute Gasteiger partial charge is 0.250 e. The molecule has 2 atom stereocenters. The number of ether oxygens (including phenoxy) is 2. The summed E-state index contributed by atoms with van der Waals surface area (Å²) in [5, 5.41) is 9.29. The van der Waals surface area contributed by atoms with Gasteiger partial charge in [0.1, 0.15) is 11.9 Å². The molecule has 8 nitrogen and oxygen atoms in total. The molecule has 0 unspecified atom stereocenters. The average molecular weight is 535 g/mol. The molecule has 0 spiro atoms. The quantitative estimate of drug-likeness (QED) is 0.355. The van der Waals surface area contributed by atoms with Crippen molar-refractivity contribution in [2.75, 3.05) is 13.2 Å². The normalized spacial score (nSPS) is 16.2. The van der Waals surface area contributed by atoms with Crippen LogP contribution in [0.2, 0.25) is 5.02 Å². The van der Waals surface area contributed by atoms with E-state index in [1.54, 1.807) is 30.2 Å². The van der Waals surface area contributed by atoms with Crippen molar-refractivity contribution in [2.24, 2.45) is 18.4 Å². The number of hydrogen-bond donors (Lipinski definition) is 1. The van der Waals surface area contributed by atoms with Crippen LogP contribution in [0.1, 0.15) is 32.4 Å². The molecule has 4 aromatic rings. The van der Waals surface area contributed by atoms with Crippen molar-refractivity contribution in [3.8, 4) is 11.4 Å². The lowest BCUT2D eigenvalue weighted by Gasteiger charge is -2.39. The number of nitrogens with one attached hydrogen (secondary N) is 1. The molecule has 0 aliphatic carbocycles. The van der Waals surface area contributed by atoms with Gasteiger partial charge in [-0.1, -0.05) is 37.6 Å². The van der Waals surface area contributed by atoms with Crippen molar-refractivity contribution in [2.45, 2.75) is 32.9 Å². The number of halogens is 1. The summed E-state index contributed by atoms with van der Waals surface area (Å²) in [5.41, 5.74) is 1.95. The van der Waals surface area contributed by atoms with Crippen LogP contribution in [0, 0.1) is 11.3 Å². The second kappa shape index (κ2) is 10.3. The summed E-state index contributed by atoms with van der Waals surface area (Å²) in [4.78, 5) is 25.0. The number of nitrogens with zero attached hydrogens (tertiary/aromatic N) is 3. The molecule has 1 aliphatic rings. The highest BCUT2D eigenvalue weighted by molar-refractivity contribution is 6.30. The maximum atomic E-state index is 13.2. The monoisotopic (exact) mass is 534 g/mol. The predicted molar refractivity (Wildman–Crippen MR) is 147 cm³/mol. The first-order chi connectivity index (χ1) is 18.1. The molecule has 1 N–H and O–H groups in total. The van der Waals surface area contributed by atoms with Crippen LogP contribution in [-0.2, 0) is 16.6 Å². The van der Waals surface area contributed by atoms with E-state index in [1.807, 2.05) is 49.4 Å². The van der Waals surface area contributed by atoms with E-state index < -0.39 is 11.5 Å². The van der Waals surface area contributed by atoms with Crippen LogP contribution in [0.25, 0.3) is 16.6 Å². The number of benzene rings is 2. The van der Waals surface area contributed by atoms with Gasteiger partial charge in [0.15, 0.2) is 0 Å². The minimum Gasteiger partial charge on any atom is -0.484 e. The van der Waals surface area contributed by atoms with Gasteiger partial charge in [-0.25, -0.2) is 4.68 Å². The van der Waals surface area contributed by atoms with Gasteiger partial charge in [-0.2, -0.15) is 5.10 Å². The van der Waals surface area contributed by atoms with Crippen LogP contribution in [0.4, 0.5) is 0 Å². The molecule has 0 bridgehead atoms. The van der Waals surface area contributed by atoms with Crippen molar-refractivity contribution >= 4 is 28.4 Å². The van der Waals surface area contributed by atoms with E-state index >= 15 is 0 Å². The fourth-order valence-corrected chi connectivity index (χ4v) is 4.73. The first-order valence-corrected chi connectivity index (χ1v) is 13.0. The summed E-state index contributed by atoms with van der Waals surface area (Å²) in [6.07, 6.45) is 3.06. The number of amides is 1. The summed E-state index contributed by atoms with van der Waals surface area (Å²) in [5.74, 6) is 0.690. The van der Waals surface area contributed by atoms with Crippen molar-refractivity contribution in [3.05, 3.63) is 87.9 Å². The molecule has 5 rings (SSSR count). The van der Waals surface area contributed by atoms with E-state index in [9.17, 15) is 9.59 Å². The summed E-state index contributed by atoms with van der Waals surface area (Å²) in [7, 11) is 1.71.